The number of pyridine rings is 1. The summed E-state index contributed by atoms with van der Waals surface area (Å²) in [6.45, 7) is 1.62. The summed E-state index contributed by atoms with van der Waals surface area (Å²) in [7, 11) is 0. The Bertz CT molecular complexity index is 681. The highest BCUT2D eigenvalue weighted by atomic mass is 35.5. The quantitative estimate of drug-likeness (QED) is 0.653. The number of anilines is 1. The molecular formula is C14H13ClN4O3. The molecule has 0 aliphatic heterocycles. The first kappa shape index (κ1) is 15.7. The van der Waals surface area contributed by atoms with Gasteiger partial charge in [0.1, 0.15) is 5.82 Å². The fraction of sp³-hybridized carbons (Fsp3) is 0.143. The summed E-state index contributed by atoms with van der Waals surface area (Å²) >= 11 is 5.70. The van der Waals surface area contributed by atoms with Gasteiger partial charge in [0.15, 0.2) is 5.76 Å². The zero-order chi connectivity index (χ0) is 15.9. The summed E-state index contributed by atoms with van der Waals surface area (Å²) < 4.78 is 4.92. The Balaban J connectivity index is 1.84. The predicted molar refractivity (Wildman–Crippen MR) is 81.8 cm³/mol. The molecular weight excluding hydrogens is 308 g/mol. The molecule has 0 fully saturated rings. The highest BCUT2D eigenvalue weighted by molar-refractivity contribution is 6.30. The fourth-order valence-corrected chi connectivity index (χ4v) is 1.63. The van der Waals surface area contributed by atoms with E-state index in [1.807, 2.05) is 0 Å². The minimum atomic E-state index is -0.482. The van der Waals surface area contributed by atoms with Crippen LogP contribution in [0.5, 0.6) is 0 Å². The molecule has 2 heterocycles. The maximum Gasteiger partial charge on any atom is 0.307 e. The van der Waals surface area contributed by atoms with Crippen molar-refractivity contribution in [1.29, 1.82) is 0 Å². The van der Waals surface area contributed by atoms with Crippen LogP contribution in [0.15, 0.2) is 46.2 Å². The van der Waals surface area contributed by atoms with E-state index in [1.165, 1.54) is 18.5 Å². The number of halogens is 1. The van der Waals surface area contributed by atoms with Crippen LogP contribution in [0, 0.1) is 0 Å². The van der Waals surface area contributed by atoms with Crippen LogP contribution in [0.3, 0.4) is 0 Å². The molecule has 22 heavy (non-hydrogen) atoms. The number of rotatable bonds is 5. The topological polar surface area (TPSA) is 96.6 Å². The molecule has 2 aromatic rings. The lowest BCUT2D eigenvalue weighted by atomic mass is 10.3. The Morgan fingerprint density at radius 1 is 1.36 bits per heavy atom. The maximum absolute atomic E-state index is 11.8. The van der Waals surface area contributed by atoms with Gasteiger partial charge in [0.05, 0.1) is 17.7 Å². The average Bonchev–Trinajstić information content (AvgIpc) is 3.01. The molecule has 0 bridgehead atoms. The number of carbonyl (C=O) groups is 2. The van der Waals surface area contributed by atoms with E-state index in [9.17, 15) is 9.59 Å². The van der Waals surface area contributed by atoms with Gasteiger partial charge in [-0.15, -0.1) is 0 Å². The van der Waals surface area contributed by atoms with E-state index in [1.54, 1.807) is 25.1 Å². The largest absolute Gasteiger partial charge is 0.459 e. The summed E-state index contributed by atoms with van der Waals surface area (Å²) in [6, 6.07) is 6.32. The third-order valence-electron chi connectivity index (χ3n) is 2.50. The van der Waals surface area contributed by atoms with E-state index < -0.39 is 5.91 Å². The van der Waals surface area contributed by atoms with Gasteiger partial charge >= 0.3 is 5.91 Å². The van der Waals surface area contributed by atoms with Gasteiger partial charge < -0.3 is 9.73 Å². The summed E-state index contributed by atoms with van der Waals surface area (Å²) in [5.41, 5.74) is 2.74. The van der Waals surface area contributed by atoms with E-state index in [0.717, 1.165) is 0 Å². The van der Waals surface area contributed by atoms with E-state index in [2.05, 4.69) is 20.8 Å². The highest BCUT2D eigenvalue weighted by Gasteiger charge is 2.09. The second-order valence-corrected chi connectivity index (χ2v) is 4.79. The number of hydrazone groups is 1. The number of carbonyl (C=O) groups excluding carboxylic acids is 2. The van der Waals surface area contributed by atoms with Crippen molar-refractivity contribution in [3.05, 3.63) is 47.5 Å². The standard InChI is InChI=1S/C14H13ClN4O3/c1-9(18-19-14(21)11-3-2-6-22-11)7-13(20)17-12-5-4-10(15)8-16-12/h2-6,8H,7H2,1H3,(H,19,21)(H,16,17,20). The van der Waals surface area contributed by atoms with Gasteiger partial charge in [0.2, 0.25) is 5.91 Å². The first-order chi connectivity index (χ1) is 10.5. The summed E-state index contributed by atoms with van der Waals surface area (Å²) in [5.74, 6) is -0.249. The summed E-state index contributed by atoms with van der Waals surface area (Å²) in [5, 5.41) is 6.91. The van der Waals surface area contributed by atoms with Crippen LogP contribution in [0.25, 0.3) is 0 Å². The molecule has 0 saturated heterocycles. The highest BCUT2D eigenvalue weighted by Crippen LogP contribution is 2.09. The van der Waals surface area contributed by atoms with Gasteiger partial charge in [0.25, 0.3) is 0 Å². The zero-order valence-corrected chi connectivity index (χ0v) is 12.4. The lowest BCUT2D eigenvalue weighted by Crippen LogP contribution is -2.21. The Morgan fingerprint density at radius 3 is 2.82 bits per heavy atom. The Hall–Kier alpha value is -2.67. The third-order valence-corrected chi connectivity index (χ3v) is 2.73. The van der Waals surface area contributed by atoms with Crippen LogP contribution in [0.2, 0.25) is 5.02 Å². The predicted octanol–water partition coefficient (Wildman–Crippen LogP) is 2.46. The monoisotopic (exact) mass is 320 g/mol. The number of nitrogens with zero attached hydrogens (tertiary/aromatic N) is 2. The van der Waals surface area contributed by atoms with Crippen molar-refractivity contribution in [2.24, 2.45) is 5.10 Å². The molecule has 0 radical (unpaired) electrons. The maximum atomic E-state index is 11.8. The summed E-state index contributed by atoms with van der Waals surface area (Å²) in [4.78, 5) is 27.3. The molecule has 2 N–H and O–H groups in total. The molecule has 2 aromatic heterocycles. The first-order valence-electron chi connectivity index (χ1n) is 6.33. The van der Waals surface area contributed by atoms with Crippen LogP contribution in [-0.2, 0) is 4.79 Å². The number of aromatic nitrogens is 1. The Morgan fingerprint density at radius 2 is 2.18 bits per heavy atom. The SMILES string of the molecule is CC(CC(=O)Nc1ccc(Cl)cn1)=NNC(=O)c1ccco1. The zero-order valence-electron chi connectivity index (χ0n) is 11.7. The Labute approximate surface area is 131 Å². The van der Waals surface area contributed by atoms with Crippen molar-refractivity contribution in [2.45, 2.75) is 13.3 Å². The molecule has 0 saturated carbocycles. The number of hydrogen-bond donors (Lipinski definition) is 2. The molecule has 0 aliphatic rings. The van der Waals surface area contributed by atoms with Crippen molar-refractivity contribution in [1.82, 2.24) is 10.4 Å². The fourth-order valence-electron chi connectivity index (χ4n) is 1.52. The second-order valence-electron chi connectivity index (χ2n) is 4.35. The van der Waals surface area contributed by atoms with Crippen LogP contribution in [0.1, 0.15) is 23.9 Å². The number of amides is 2. The number of nitrogens with one attached hydrogen (secondary N) is 2. The van der Waals surface area contributed by atoms with Crippen molar-refractivity contribution >= 4 is 34.9 Å². The molecule has 0 spiro atoms. The number of hydrogen-bond acceptors (Lipinski definition) is 5. The minimum Gasteiger partial charge on any atom is -0.459 e. The molecule has 0 aliphatic carbocycles. The van der Waals surface area contributed by atoms with E-state index in [0.29, 0.717) is 16.6 Å². The van der Waals surface area contributed by atoms with Gasteiger partial charge in [-0.25, -0.2) is 10.4 Å². The molecule has 114 valence electrons. The average molecular weight is 321 g/mol. The van der Waals surface area contributed by atoms with Crippen LogP contribution >= 0.6 is 11.6 Å². The second kappa shape index (κ2) is 7.37. The third kappa shape index (κ3) is 4.71. The van der Waals surface area contributed by atoms with Gasteiger partial charge in [0, 0.05) is 11.9 Å². The van der Waals surface area contributed by atoms with Gasteiger partial charge in [-0.3, -0.25) is 9.59 Å². The van der Waals surface area contributed by atoms with Crippen LogP contribution < -0.4 is 10.7 Å². The number of furan rings is 1. The molecule has 8 heteroatoms. The van der Waals surface area contributed by atoms with Crippen molar-refractivity contribution in [3.8, 4) is 0 Å². The van der Waals surface area contributed by atoms with Gasteiger partial charge in [-0.1, -0.05) is 11.6 Å². The van der Waals surface area contributed by atoms with E-state index in [4.69, 9.17) is 16.0 Å². The first-order valence-corrected chi connectivity index (χ1v) is 6.71. The van der Waals surface area contributed by atoms with Gasteiger partial charge in [-0.05, 0) is 31.2 Å². The van der Waals surface area contributed by atoms with Gasteiger partial charge in [-0.2, -0.15) is 5.10 Å². The van der Waals surface area contributed by atoms with Crippen molar-refractivity contribution < 1.29 is 14.0 Å². The lowest BCUT2D eigenvalue weighted by Gasteiger charge is -2.04. The van der Waals surface area contributed by atoms with Crippen molar-refractivity contribution in [2.75, 3.05) is 5.32 Å². The minimum absolute atomic E-state index is 0.0166. The molecule has 0 unspecified atom stereocenters. The molecule has 0 aromatic carbocycles. The molecule has 7 nitrogen and oxygen atoms in total. The van der Waals surface area contributed by atoms with Crippen LogP contribution in [0.4, 0.5) is 5.82 Å². The summed E-state index contributed by atoms with van der Waals surface area (Å²) in [6.07, 6.45) is 2.84. The van der Waals surface area contributed by atoms with E-state index in [-0.39, 0.29) is 18.1 Å². The normalized spacial score (nSPS) is 11.1. The molecule has 2 amide bonds. The lowest BCUT2D eigenvalue weighted by molar-refractivity contribution is -0.115. The Kier molecular flexibility index (Phi) is 5.26. The smallest absolute Gasteiger partial charge is 0.307 e. The molecule has 0 atom stereocenters. The van der Waals surface area contributed by atoms with Crippen molar-refractivity contribution in [3.63, 3.8) is 0 Å². The van der Waals surface area contributed by atoms with Crippen LogP contribution in [-0.4, -0.2) is 22.5 Å². The molecule has 2 rings (SSSR count). The van der Waals surface area contributed by atoms with E-state index >= 15 is 0 Å².